The van der Waals surface area contributed by atoms with Crippen LogP contribution in [0.5, 0.6) is 5.75 Å². The van der Waals surface area contributed by atoms with Crippen molar-refractivity contribution < 1.29 is 22.7 Å². The molecule has 0 bridgehead atoms. The summed E-state index contributed by atoms with van der Waals surface area (Å²) in [6.45, 7) is 1.71. The van der Waals surface area contributed by atoms with Gasteiger partial charge in [-0.1, -0.05) is 48.0 Å². The third-order valence-electron chi connectivity index (χ3n) is 4.08. The zero-order valence-electron chi connectivity index (χ0n) is 15.1. The van der Waals surface area contributed by atoms with Crippen LogP contribution in [0.25, 0.3) is 11.1 Å². The molecule has 0 aliphatic heterocycles. The SMILES string of the molecule is Cc1ccc(-c2ccc(OCC(=O)Nc3cccc(C(F)(F)F)c3)cc2)cc1. The average molecular weight is 385 g/mol. The van der Waals surface area contributed by atoms with Crippen molar-refractivity contribution in [1.29, 1.82) is 0 Å². The lowest BCUT2D eigenvalue weighted by Crippen LogP contribution is -2.20. The molecule has 0 fully saturated rings. The monoisotopic (exact) mass is 385 g/mol. The van der Waals surface area contributed by atoms with Gasteiger partial charge < -0.3 is 10.1 Å². The molecule has 28 heavy (non-hydrogen) atoms. The number of aryl methyl sites for hydroxylation is 1. The molecule has 0 heterocycles. The molecule has 144 valence electrons. The number of anilines is 1. The lowest BCUT2D eigenvalue weighted by Gasteiger charge is -2.11. The van der Waals surface area contributed by atoms with Crippen LogP contribution in [0.3, 0.4) is 0 Å². The number of carbonyl (C=O) groups excluding carboxylic acids is 1. The Morgan fingerprint density at radius 3 is 2.14 bits per heavy atom. The molecule has 0 spiro atoms. The Labute approximate surface area is 160 Å². The van der Waals surface area contributed by atoms with Gasteiger partial charge in [0.25, 0.3) is 5.91 Å². The van der Waals surface area contributed by atoms with Gasteiger partial charge in [-0.15, -0.1) is 0 Å². The highest BCUT2D eigenvalue weighted by molar-refractivity contribution is 5.92. The number of carbonyl (C=O) groups is 1. The molecule has 3 aromatic carbocycles. The van der Waals surface area contributed by atoms with E-state index in [-0.39, 0.29) is 12.3 Å². The van der Waals surface area contributed by atoms with Gasteiger partial charge in [-0.3, -0.25) is 4.79 Å². The van der Waals surface area contributed by atoms with E-state index in [0.717, 1.165) is 23.3 Å². The molecule has 3 aromatic rings. The number of benzene rings is 3. The van der Waals surface area contributed by atoms with Gasteiger partial charge in [0.2, 0.25) is 0 Å². The molecule has 0 aromatic heterocycles. The number of ether oxygens (including phenoxy) is 1. The summed E-state index contributed by atoms with van der Waals surface area (Å²) in [6.07, 6.45) is -4.46. The molecule has 0 atom stereocenters. The minimum absolute atomic E-state index is 0.0677. The van der Waals surface area contributed by atoms with E-state index in [1.165, 1.54) is 17.7 Å². The lowest BCUT2D eigenvalue weighted by atomic mass is 10.0. The molecular formula is C22H18F3NO2. The number of alkyl halides is 3. The van der Waals surface area contributed by atoms with Gasteiger partial charge >= 0.3 is 6.18 Å². The maximum atomic E-state index is 12.7. The fourth-order valence-electron chi connectivity index (χ4n) is 2.61. The first-order valence-electron chi connectivity index (χ1n) is 8.58. The largest absolute Gasteiger partial charge is 0.484 e. The average Bonchev–Trinajstić information content (AvgIpc) is 2.67. The maximum Gasteiger partial charge on any atom is 0.416 e. The maximum absolute atomic E-state index is 12.7. The fourth-order valence-corrected chi connectivity index (χ4v) is 2.61. The minimum Gasteiger partial charge on any atom is -0.484 e. The minimum atomic E-state index is -4.46. The Balaban J connectivity index is 1.57. The van der Waals surface area contributed by atoms with Crippen LogP contribution in [0.1, 0.15) is 11.1 Å². The number of halogens is 3. The molecule has 0 radical (unpaired) electrons. The summed E-state index contributed by atoms with van der Waals surface area (Å²) >= 11 is 0. The van der Waals surface area contributed by atoms with Crippen LogP contribution in [0.4, 0.5) is 18.9 Å². The van der Waals surface area contributed by atoms with Crippen LogP contribution in [0.2, 0.25) is 0 Å². The first-order valence-corrected chi connectivity index (χ1v) is 8.58. The molecule has 3 nitrogen and oxygen atoms in total. The van der Waals surface area contributed by atoms with E-state index in [1.807, 2.05) is 43.3 Å². The summed E-state index contributed by atoms with van der Waals surface area (Å²) in [5.74, 6) is -0.0445. The van der Waals surface area contributed by atoms with Crippen molar-refractivity contribution in [1.82, 2.24) is 0 Å². The molecular weight excluding hydrogens is 367 g/mol. The van der Waals surface area contributed by atoms with Crippen LogP contribution in [0.15, 0.2) is 72.8 Å². The van der Waals surface area contributed by atoms with E-state index in [2.05, 4.69) is 5.32 Å². The third-order valence-corrected chi connectivity index (χ3v) is 4.08. The summed E-state index contributed by atoms with van der Waals surface area (Å²) in [7, 11) is 0. The van der Waals surface area contributed by atoms with E-state index in [4.69, 9.17) is 4.74 Å². The standard InChI is InChI=1S/C22H18F3NO2/c1-15-5-7-16(8-6-15)17-9-11-20(12-10-17)28-14-21(27)26-19-4-2-3-18(13-19)22(23,24)25/h2-13H,14H2,1H3,(H,26,27). The fraction of sp³-hybridized carbons (Fsp3) is 0.136. The van der Waals surface area contributed by atoms with Crippen LogP contribution >= 0.6 is 0 Å². The Morgan fingerprint density at radius 2 is 1.54 bits per heavy atom. The second kappa shape index (κ2) is 8.17. The normalized spacial score (nSPS) is 11.1. The predicted molar refractivity (Wildman–Crippen MR) is 102 cm³/mol. The van der Waals surface area contributed by atoms with Crippen molar-refractivity contribution in [2.75, 3.05) is 11.9 Å². The lowest BCUT2D eigenvalue weighted by molar-refractivity contribution is -0.137. The number of rotatable bonds is 5. The van der Waals surface area contributed by atoms with Gasteiger partial charge in [0, 0.05) is 5.69 Å². The van der Waals surface area contributed by atoms with Crippen molar-refractivity contribution >= 4 is 11.6 Å². The highest BCUT2D eigenvalue weighted by atomic mass is 19.4. The van der Waals surface area contributed by atoms with Crippen LogP contribution in [0, 0.1) is 6.92 Å². The molecule has 1 amide bonds. The van der Waals surface area contributed by atoms with E-state index in [1.54, 1.807) is 12.1 Å². The first kappa shape index (κ1) is 19.5. The van der Waals surface area contributed by atoms with Gasteiger partial charge in [0.05, 0.1) is 5.56 Å². The molecule has 6 heteroatoms. The highest BCUT2D eigenvalue weighted by Gasteiger charge is 2.30. The smallest absolute Gasteiger partial charge is 0.416 e. The Hall–Kier alpha value is -3.28. The summed E-state index contributed by atoms with van der Waals surface area (Å²) in [4.78, 5) is 11.9. The Bertz CT molecular complexity index is 949. The van der Waals surface area contributed by atoms with Crippen molar-refractivity contribution in [3.8, 4) is 16.9 Å². The van der Waals surface area contributed by atoms with Crippen molar-refractivity contribution in [2.45, 2.75) is 13.1 Å². The van der Waals surface area contributed by atoms with Crippen molar-refractivity contribution in [3.05, 3.63) is 83.9 Å². The van der Waals surface area contributed by atoms with Crippen LogP contribution < -0.4 is 10.1 Å². The predicted octanol–water partition coefficient (Wildman–Crippen LogP) is 5.70. The number of amides is 1. The summed E-state index contributed by atoms with van der Waals surface area (Å²) in [5.41, 5.74) is 2.51. The summed E-state index contributed by atoms with van der Waals surface area (Å²) in [6, 6.07) is 19.8. The molecule has 1 N–H and O–H groups in total. The molecule has 3 rings (SSSR count). The molecule has 0 saturated heterocycles. The van der Waals surface area contributed by atoms with Gasteiger partial charge in [-0.25, -0.2) is 0 Å². The Kier molecular flexibility index (Phi) is 5.68. The van der Waals surface area contributed by atoms with Crippen molar-refractivity contribution in [2.24, 2.45) is 0 Å². The second-order valence-electron chi connectivity index (χ2n) is 6.31. The van der Waals surface area contributed by atoms with Gasteiger partial charge in [-0.05, 0) is 48.4 Å². The second-order valence-corrected chi connectivity index (χ2v) is 6.31. The number of hydrogen-bond acceptors (Lipinski definition) is 2. The zero-order valence-corrected chi connectivity index (χ0v) is 15.1. The number of hydrogen-bond donors (Lipinski definition) is 1. The summed E-state index contributed by atoms with van der Waals surface area (Å²) in [5, 5.41) is 2.40. The Morgan fingerprint density at radius 1 is 0.929 bits per heavy atom. The topological polar surface area (TPSA) is 38.3 Å². The van der Waals surface area contributed by atoms with E-state index in [9.17, 15) is 18.0 Å². The molecule has 0 aliphatic rings. The van der Waals surface area contributed by atoms with Gasteiger partial charge in [0.15, 0.2) is 6.61 Å². The summed E-state index contributed by atoms with van der Waals surface area (Å²) < 4.78 is 43.5. The van der Waals surface area contributed by atoms with E-state index in [0.29, 0.717) is 5.75 Å². The highest BCUT2D eigenvalue weighted by Crippen LogP contribution is 2.30. The quantitative estimate of drug-likeness (QED) is 0.612. The zero-order chi connectivity index (χ0) is 20.1. The van der Waals surface area contributed by atoms with Crippen LogP contribution in [-0.4, -0.2) is 12.5 Å². The van der Waals surface area contributed by atoms with Crippen LogP contribution in [-0.2, 0) is 11.0 Å². The van der Waals surface area contributed by atoms with E-state index < -0.39 is 17.6 Å². The van der Waals surface area contributed by atoms with Crippen molar-refractivity contribution in [3.63, 3.8) is 0 Å². The molecule has 0 aliphatic carbocycles. The van der Waals surface area contributed by atoms with Gasteiger partial charge in [-0.2, -0.15) is 13.2 Å². The molecule has 0 unspecified atom stereocenters. The molecule has 0 saturated carbocycles. The van der Waals surface area contributed by atoms with E-state index >= 15 is 0 Å². The number of nitrogens with one attached hydrogen (secondary N) is 1. The van der Waals surface area contributed by atoms with Gasteiger partial charge in [0.1, 0.15) is 5.75 Å². The first-order chi connectivity index (χ1) is 13.3. The third kappa shape index (κ3) is 5.13.